The van der Waals surface area contributed by atoms with Crippen LogP contribution in [0.3, 0.4) is 0 Å². The summed E-state index contributed by atoms with van der Waals surface area (Å²) in [5.41, 5.74) is 0.829. The molecule has 5 heteroatoms. The highest BCUT2D eigenvalue weighted by molar-refractivity contribution is 7.99. The van der Waals surface area contributed by atoms with Crippen LogP contribution in [0.2, 0.25) is 0 Å². The van der Waals surface area contributed by atoms with Crippen molar-refractivity contribution in [2.24, 2.45) is 5.92 Å². The molecule has 2 rings (SSSR count). The first kappa shape index (κ1) is 12.4. The Balaban J connectivity index is 1.70. The van der Waals surface area contributed by atoms with Gasteiger partial charge < -0.3 is 4.90 Å². The quantitative estimate of drug-likeness (QED) is 0.770. The molecule has 0 unspecified atom stereocenters. The molecule has 1 aliphatic carbocycles. The van der Waals surface area contributed by atoms with Gasteiger partial charge in [-0.1, -0.05) is 0 Å². The van der Waals surface area contributed by atoms with Gasteiger partial charge in [0.15, 0.2) is 0 Å². The number of nitrogens with zero attached hydrogens (tertiary/aromatic N) is 3. The SMILES string of the molecule is CN(Cc1cnccn1)C(=O)CSCC1CC1. The van der Waals surface area contributed by atoms with Crippen molar-refractivity contribution in [1.82, 2.24) is 14.9 Å². The van der Waals surface area contributed by atoms with E-state index in [1.165, 1.54) is 12.8 Å². The number of rotatable bonds is 6. The zero-order valence-corrected chi connectivity index (χ0v) is 10.8. The van der Waals surface area contributed by atoms with Gasteiger partial charge in [0.05, 0.1) is 24.2 Å². The lowest BCUT2D eigenvalue weighted by Crippen LogP contribution is -2.28. The third kappa shape index (κ3) is 4.34. The molecule has 0 aromatic carbocycles. The van der Waals surface area contributed by atoms with Crippen LogP contribution in [-0.4, -0.2) is 39.3 Å². The Morgan fingerprint density at radius 3 is 3.00 bits per heavy atom. The van der Waals surface area contributed by atoms with E-state index >= 15 is 0 Å². The second-order valence-electron chi connectivity index (χ2n) is 4.41. The molecule has 92 valence electrons. The van der Waals surface area contributed by atoms with Crippen LogP contribution < -0.4 is 0 Å². The van der Waals surface area contributed by atoms with Crippen LogP contribution in [0.1, 0.15) is 18.5 Å². The molecule has 0 atom stereocenters. The van der Waals surface area contributed by atoms with Crippen molar-refractivity contribution >= 4 is 17.7 Å². The molecule has 0 saturated heterocycles. The maximum Gasteiger partial charge on any atom is 0.232 e. The number of carbonyl (C=O) groups excluding carboxylic acids is 1. The molecular formula is C12H17N3OS. The van der Waals surface area contributed by atoms with E-state index in [2.05, 4.69) is 9.97 Å². The van der Waals surface area contributed by atoms with E-state index in [-0.39, 0.29) is 5.91 Å². The van der Waals surface area contributed by atoms with E-state index in [9.17, 15) is 4.79 Å². The van der Waals surface area contributed by atoms with Gasteiger partial charge in [0.1, 0.15) is 0 Å². The smallest absolute Gasteiger partial charge is 0.232 e. The highest BCUT2D eigenvalue weighted by atomic mass is 32.2. The van der Waals surface area contributed by atoms with Crippen molar-refractivity contribution in [3.8, 4) is 0 Å². The van der Waals surface area contributed by atoms with Gasteiger partial charge in [-0.05, 0) is 24.5 Å². The molecule has 1 aromatic rings. The van der Waals surface area contributed by atoms with Gasteiger partial charge in [-0.25, -0.2) is 0 Å². The first-order valence-electron chi connectivity index (χ1n) is 5.82. The van der Waals surface area contributed by atoms with Gasteiger partial charge in [0, 0.05) is 19.4 Å². The minimum atomic E-state index is 0.168. The Labute approximate surface area is 106 Å². The fourth-order valence-corrected chi connectivity index (χ4v) is 2.63. The van der Waals surface area contributed by atoms with Crippen LogP contribution >= 0.6 is 11.8 Å². The molecule has 4 nitrogen and oxygen atoms in total. The average Bonchev–Trinajstić information content (AvgIpc) is 3.14. The van der Waals surface area contributed by atoms with Gasteiger partial charge in [-0.15, -0.1) is 0 Å². The fraction of sp³-hybridized carbons (Fsp3) is 0.583. The van der Waals surface area contributed by atoms with Crippen LogP contribution in [0, 0.1) is 5.92 Å². The van der Waals surface area contributed by atoms with Crippen LogP contribution in [0.15, 0.2) is 18.6 Å². The van der Waals surface area contributed by atoms with Gasteiger partial charge in [-0.3, -0.25) is 14.8 Å². The highest BCUT2D eigenvalue weighted by Gasteiger charge is 2.21. The number of hydrogen-bond acceptors (Lipinski definition) is 4. The second-order valence-corrected chi connectivity index (χ2v) is 5.44. The van der Waals surface area contributed by atoms with Crippen molar-refractivity contribution < 1.29 is 4.79 Å². The Morgan fingerprint density at radius 2 is 2.35 bits per heavy atom. The van der Waals surface area contributed by atoms with E-state index in [0.717, 1.165) is 17.4 Å². The maximum absolute atomic E-state index is 11.8. The summed E-state index contributed by atoms with van der Waals surface area (Å²) >= 11 is 1.74. The molecule has 0 radical (unpaired) electrons. The monoisotopic (exact) mass is 251 g/mol. The summed E-state index contributed by atoms with van der Waals surface area (Å²) in [6.45, 7) is 0.538. The molecular weight excluding hydrogens is 234 g/mol. The summed E-state index contributed by atoms with van der Waals surface area (Å²) in [5, 5.41) is 0. The number of carbonyl (C=O) groups is 1. The summed E-state index contributed by atoms with van der Waals surface area (Å²) in [5.74, 6) is 2.75. The van der Waals surface area contributed by atoms with Crippen molar-refractivity contribution in [1.29, 1.82) is 0 Å². The minimum Gasteiger partial charge on any atom is -0.339 e. The van der Waals surface area contributed by atoms with E-state index in [4.69, 9.17) is 0 Å². The first-order chi connectivity index (χ1) is 8.25. The Hall–Kier alpha value is -1.10. The van der Waals surface area contributed by atoms with Crippen molar-refractivity contribution in [3.63, 3.8) is 0 Å². The van der Waals surface area contributed by atoms with Crippen molar-refractivity contribution in [2.75, 3.05) is 18.6 Å². The first-order valence-corrected chi connectivity index (χ1v) is 6.98. The Bertz CT molecular complexity index is 367. The van der Waals surface area contributed by atoms with Gasteiger partial charge in [0.25, 0.3) is 0 Å². The lowest BCUT2D eigenvalue weighted by molar-refractivity contribution is -0.127. The number of hydrogen-bond donors (Lipinski definition) is 0. The van der Waals surface area contributed by atoms with Crippen LogP contribution in [0.5, 0.6) is 0 Å². The predicted molar refractivity (Wildman–Crippen MR) is 68.6 cm³/mol. The highest BCUT2D eigenvalue weighted by Crippen LogP contribution is 2.32. The van der Waals surface area contributed by atoms with Crippen molar-refractivity contribution in [3.05, 3.63) is 24.3 Å². The van der Waals surface area contributed by atoms with Gasteiger partial charge in [0.2, 0.25) is 5.91 Å². The van der Waals surface area contributed by atoms with Crippen molar-refractivity contribution in [2.45, 2.75) is 19.4 Å². The average molecular weight is 251 g/mol. The summed E-state index contributed by atoms with van der Waals surface area (Å²) in [4.78, 5) is 21.7. The number of aromatic nitrogens is 2. The van der Waals surface area contributed by atoms with Crippen LogP contribution in [0.4, 0.5) is 0 Å². The molecule has 1 heterocycles. The normalized spacial score (nSPS) is 14.6. The minimum absolute atomic E-state index is 0.168. The third-order valence-electron chi connectivity index (χ3n) is 2.72. The molecule has 1 amide bonds. The molecule has 1 fully saturated rings. The molecule has 17 heavy (non-hydrogen) atoms. The van der Waals surface area contributed by atoms with E-state index in [1.807, 2.05) is 7.05 Å². The summed E-state index contributed by atoms with van der Waals surface area (Å²) in [6.07, 6.45) is 7.67. The number of amides is 1. The molecule has 1 aromatic heterocycles. The molecule has 1 aliphatic rings. The summed E-state index contributed by atoms with van der Waals surface area (Å²) < 4.78 is 0. The van der Waals surface area contributed by atoms with Crippen LogP contribution in [-0.2, 0) is 11.3 Å². The van der Waals surface area contributed by atoms with E-state index < -0.39 is 0 Å². The zero-order chi connectivity index (χ0) is 12.1. The standard InChI is InChI=1S/C12H17N3OS/c1-15(7-11-6-13-4-5-14-11)12(16)9-17-8-10-2-3-10/h4-6,10H,2-3,7-9H2,1H3. The largest absolute Gasteiger partial charge is 0.339 e. The molecule has 0 N–H and O–H groups in total. The lowest BCUT2D eigenvalue weighted by Gasteiger charge is -2.16. The molecule has 1 saturated carbocycles. The topological polar surface area (TPSA) is 46.1 Å². The Kier molecular flexibility index (Phi) is 4.36. The predicted octanol–water partition coefficient (Wildman–Crippen LogP) is 1.58. The zero-order valence-electron chi connectivity index (χ0n) is 10.0. The third-order valence-corrected chi connectivity index (χ3v) is 3.88. The molecule has 0 bridgehead atoms. The summed E-state index contributed by atoms with van der Waals surface area (Å²) in [6, 6.07) is 0. The fourth-order valence-electron chi connectivity index (χ4n) is 1.45. The Morgan fingerprint density at radius 1 is 1.53 bits per heavy atom. The lowest BCUT2D eigenvalue weighted by atomic mass is 10.4. The van der Waals surface area contributed by atoms with E-state index in [0.29, 0.717) is 12.3 Å². The molecule has 0 spiro atoms. The number of thioether (sulfide) groups is 1. The van der Waals surface area contributed by atoms with Crippen LogP contribution in [0.25, 0.3) is 0 Å². The second kappa shape index (κ2) is 6.00. The van der Waals surface area contributed by atoms with Gasteiger partial charge in [-0.2, -0.15) is 11.8 Å². The van der Waals surface area contributed by atoms with Gasteiger partial charge >= 0.3 is 0 Å². The maximum atomic E-state index is 11.8. The van der Waals surface area contributed by atoms with E-state index in [1.54, 1.807) is 35.3 Å². The summed E-state index contributed by atoms with van der Waals surface area (Å²) in [7, 11) is 1.81. The molecule has 0 aliphatic heterocycles.